The van der Waals surface area contributed by atoms with Crippen LogP contribution in [0.15, 0.2) is 36.5 Å². The molecule has 7 heteroatoms. The number of hydrogen-bond donors (Lipinski definition) is 2. The maximum absolute atomic E-state index is 14.0. The molecule has 21 heavy (non-hydrogen) atoms. The normalized spacial score (nSPS) is 10.1. The topological polar surface area (TPSA) is 80.5 Å². The van der Waals surface area contributed by atoms with Gasteiger partial charge < -0.3 is 15.1 Å². The fourth-order valence-electron chi connectivity index (χ4n) is 1.81. The van der Waals surface area contributed by atoms with Crippen molar-refractivity contribution in [2.75, 3.05) is 24.5 Å². The summed E-state index contributed by atoms with van der Waals surface area (Å²) < 4.78 is 19.1. The number of nitrogens with two attached hydrogens (primary N) is 1. The number of halogens is 1. The zero-order valence-corrected chi connectivity index (χ0v) is 11.6. The highest BCUT2D eigenvalue weighted by atomic mass is 19.1. The lowest BCUT2D eigenvalue weighted by atomic mass is 10.2. The van der Waals surface area contributed by atoms with Crippen LogP contribution in [-0.2, 0) is 0 Å². The third-order valence-electron chi connectivity index (χ3n) is 3.02. The van der Waals surface area contributed by atoms with Crippen molar-refractivity contribution < 1.29 is 13.9 Å². The van der Waals surface area contributed by atoms with Gasteiger partial charge in [0.2, 0.25) is 0 Å². The van der Waals surface area contributed by atoms with Crippen LogP contribution in [0.5, 0.6) is 5.75 Å². The van der Waals surface area contributed by atoms with E-state index in [1.165, 1.54) is 17.2 Å². The Morgan fingerprint density at radius 2 is 2.00 bits per heavy atom. The Hall–Kier alpha value is -2.67. The summed E-state index contributed by atoms with van der Waals surface area (Å²) in [6.07, 6.45) is 1.31. The molecule has 1 heterocycles. The van der Waals surface area contributed by atoms with Crippen LogP contribution >= 0.6 is 0 Å². The minimum atomic E-state index is -0.787. The number of nitrogens with zero attached hydrogens (tertiary/aromatic N) is 2. The van der Waals surface area contributed by atoms with E-state index in [1.54, 1.807) is 38.4 Å². The molecular weight excluding hydrogens is 275 g/mol. The first-order chi connectivity index (χ1) is 10.1. The summed E-state index contributed by atoms with van der Waals surface area (Å²) in [6.45, 7) is 0. The maximum atomic E-state index is 14.0. The van der Waals surface area contributed by atoms with E-state index in [-0.39, 0.29) is 11.4 Å². The summed E-state index contributed by atoms with van der Waals surface area (Å²) in [6, 6.07) is 8.15. The standard InChI is InChI=1S/C14H15FN4O2/c1-19(9-3-5-10(21-2)6-4-9)14(20)11-7-8-17-13(18-16)12(11)15/h3-8H,16H2,1-2H3,(H,17,18). The third-order valence-corrected chi connectivity index (χ3v) is 3.02. The van der Waals surface area contributed by atoms with Gasteiger partial charge in [0.05, 0.1) is 12.7 Å². The number of benzene rings is 1. The second kappa shape index (κ2) is 6.19. The number of ether oxygens (including phenoxy) is 1. The maximum Gasteiger partial charge on any atom is 0.261 e. The van der Waals surface area contributed by atoms with Crippen LogP contribution in [0.3, 0.4) is 0 Å². The number of nitrogen functional groups attached to an aromatic ring is 1. The molecule has 0 aliphatic heterocycles. The van der Waals surface area contributed by atoms with Gasteiger partial charge in [0.1, 0.15) is 5.75 Å². The molecule has 0 saturated heterocycles. The lowest BCUT2D eigenvalue weighted by Crippen LogP contribution is -2.27. The van der Waals surface area contributed by atoms with Gasteiger partial charge in [-0.1, -0.05) is 0 Å². The van der Waals surface area contributed by atoms with Gasteiger partial charge in [0.25, 0.3) is 5.91 Å². The van der Waals surface area contributed by atoms with Crippen LogP contribution in [0.25, 0.3) is 0 Å². The molecule has 0 bridgehead atoms. The minimum absolute atomic E-state index is 0.115. The second-order valence-electron chi connectivity index (χ2n) is 4.23. The zero-order valence-electron chi connectivity index (χ0n) is 11.6. The van der Waals surface area contributed by atoms with Crippen molar-refractivity contribution in [1.82, 2.24) is 4.98 Å². The SMILES string of the molecule is COc1ccc(N(C)C(=O)c2ccnc(NN)c2F)cc1. The quantitative estimate of drug-likeness (QED) is 0.663. The highest BCUT2D eigenvalue weighted by Gasteiger charge is 2.20. The number of methoxy groups -OCH3 is 1. The molecular formula is C14H15FN4O2. The number of hydrazine groups is 1. The number of rotatable bonds is 4. The van der Waals surface area contributed by atoms with Gasteiger partial charge in [-0.25, -0.2) is 15.2 Å². The molecule has 1 amide bonds. The largest absolute Gasteiger partial charge is 0.497 e. The van der Waals surface area contributed by atoms with Crippen molar-refractivity contribution >= 4 is 17.4 Å². The van der Waals surface area contributed by atoms with E-state index in [2.05, 4.69) is 10.4 Å². The molecule has 2 aromatic rings. The summed E-state index contributed by atoms with van der Waals surface area (Å²) in [4.78, 5) is 17.4. The van der Waals surface area contributed by atoms with Gasteiger partial charge in [-0.05, 0) is 30.3 Å². The monoisotopic (exact) mass is 290 g/mol. The Kier molecular flexibility index (Phi) is 4.34. The molecule has 6 nitrogen and oxygen atoms in total. The summed E-state index contributed by atoms with van der Waals surface area (Å²) in [5.74, 6) is 4.35. The van der Waals surface area contributed by atoms with Crippen LogP contribution in [-0.4, -0.2) is 25.0 Å². The van der Waals surface area contributed by atoms with E-state index in [1.807, 2.05) is 0 Å². The molecule has 0 aliphatic rings. The van der Waals surface area contributed by atoms with E-state index < -0.39 is 11.7 Å². The molecule has 0 saturated carbocycles. The number of pyridine rings is 1. The number of hydrogen-bond acceptors (Lipinski definition) is 5. The van der Waals surface area contributed by atoms with E-state index in [9.17, 15) is 9.18 Å². The van der Waals surface area contributed by atoms with Crippen molar-refractivity contribution in [3.63, 3.8) is 0 Å². The fourth-order valence-corrected chi connectivity index (χ4v) is 1.81. The number of aromatic nitrogens is 1. The van der Waals surface area contributed by atoms with E-state index in [0.29, 0.717) is 11.4 Å². The lowest BCUT2D eigenvalue weighted by molar-refractivity contribution is 0.0989. The van der Waals surface area contributed by atoms with E-state index >= 15 is 0 Å². The lowest BCUT2D eigenvalue weighted by Gasteiger charge is -2.18. The zero-order chi connectivity index (χ0) is 15.4. The molecule has 1 aromatic heterocycles. The van der Waals surface area contributed by atoms with Crippen molar-refractivity contribution in [3.8, 4) is 5.75 Å². The van der Waals surface area contributed by atoms with Crippen LogP contribution in [0.1, 0.15) is 10.4 Å². The summed E-state index contributed by atoms with van der Waals surface area (Å²) in [7, 11) is 3.11. The average Bonchev–Trinajstić information content (AvgIpc) is 2.54. The third kappa shape index (κ3) is 2.92. The molecule has 0 spiro atoms. The van der Waals surface area contributed by atoms with Crippen LogP contribution < -0.4 is 20.9 Å². The highest BCUT2D eigenvalue weighted by Crippen LogP contribution is 2.22. The molecule has 1 aromatic carbocycles. The molecule has 0 fully saturated rings. The van der Waals surface area contributed by atoms with Crippen molar-refractivity contribution in [2.45, 2.75) is 0 Å². The fraction of sp³-hybridized carbons (Fsp3) is 0.143. The van der Waals surface area contributed by atoms with Crippen molar-refractivity contribution in [2.24, 2.45) is 5.84 Å². The predicted molar refractivity (Wildman–Crippen MR) is 77.7 cm³/mol. The van der Waals surface area contributed by atoms with Crippen molar-refractivity contribution in [1.29, 1.82) is 0 Å². The van der Waals surface area contributed by atoms with Gasteiger partial charge in [-0.3, -0.25) is 4.79 Å². The number of anilines is 2. The first-order valence-electron chi connectivity index (χ1n) is 6.11. The molecule has 0 radical (unpaired) electrons. The number of amides is 1. The number of nitrogens with one attached hydrogen (secondary N) is 1. The van der Waals surface area contributed by atoms with Crippen LogP contribution in [0.2, 0.25) is 0 Å². The second-order valence-corrected chi connectivity index (χ2v) is 4.23. The molecule has 0 unspecified atom stereocenters. The highest BCUT2D eigenvalue weighted by molar-refractivity contribution is 6.06. The van der Waals surface area contributed by atoms with Gasteiger partial charge in [-0.2, -0.15) is 0 Å². The van der Waals surface area contributed by atoms with E-state index in [4.69, 9.17) is 10.6 Å². The molecule has 0 atom stereocenters. The molecule has 0 aliphatic carbocycles. The Morgan fingerprint density at radius 3 is 2.57 bits per heavy atom. The number of carbonyl (C=O) groups excluding carboxylic acids is 1. The summed E-state index contributed by atoms with van der Waals surface area (Å²) in [5.41, 5.74) is 2.61. The Bertz CT molecular complexity index is 646. The number of carbonyl (C=O) groups is 1. The first-order valence-corrected chi connectivity index (χ1v) is 6.11. The van der Waals surface area contributed by atoms with Gasteiger partial charge in [-0.15, -0.1) is 0 Å². The first kappa shape index (κ1) is 14.7. The van der Waals surface area contributed by atoms with Crippen molar-refractivity contribution in [3.05, 3.63) is 47.9 Å². The van der Waals surface area contributed by atoms with E-state index in [0.717, 1.165) is 0 Å². The molecule has 2 rings (SSSR count). The van der Waals surface area contributed by atoms with Gasteiger partial charge >= 0.3 is 0 Å². The van der Waals surface area contributed by atoms with Gasteiger partial charge in [0, 0.05) is 18.9 Å². The summed E-state index contributed by atoms with van der Waals surface area (Å²) >= 11 is 0. The predicted octanol–water partition coefficient (Wildman–Crippen LogP) is 1.79. The van der Waals surface area contributed by atoms with Crippen LogP contribution in [0, 0.1) is 5.82 Å². The van der Waals surface area contributed by atoms with Crippen LogP contribution in [0.4, 0.5) is 15.9 Å². The Morgan fingerprint density at radius 1 is 1.33 bits per heavy atom. The average molecular weight is 290 g/mol. The smallest absolute Gasteiger partial charge is 0.261 e. The molecule has 3 N–H and O–H groups in total. The molecule has 110 valence electrons. The minimum Gasteiger partial charge on any atom is -0.497 e. The summed E-state index contributed by atoms with van der Waals surface area (Å²) in [5, 5.41) is 0. The van der Waals surface area contributed by atoms with Gasteiger partial charge in [0.15, 0.2) is 11.6 Å². The Labute approximate surface area is 121 Å². The Balaban J connectivity index is 2.30.